The first-order valence-electron chi connectivity index (χ1n) is 17.7. The summed E-state index contributed by atoms with van der Waals surface area (Å²) >= 11 is 0. The summed E-state index contributed by atoms with van der Waals surface area (Å²) < 4.78 is 40.5. The van der Waals surface area contributed by atoms with E-state index >= 15 is 0 Å². The van der Waals surface area contributed by atoms with Crippen molar-refractivity contribution >= 4 is 20.2 Å². The van der Waals surface area contributed by atoms with E-state index in [2.05, 4.69) is 24.3 Å². The van der Waals surface area contributed by atoms with E-state index in [-0.39, 0.29) is 17.9 Å². The number of hydrogen-bond donors (Lipinski definition) is 1. The van der Waals surface area contributed by atoms with Crippen LogP contribution >= 0.6 is 7.82 Å². The molecule has 0 saturated carbocycles. The quantitative estimate of drug-likeness (QED) is 0.0407. The number of nitrogens with zero attached hydrogens (tertiary/aromatic N) is 1. The number of hydrogen-bond acceptors (Lipinski definition) is 11. The van der Waals surface area contributed by atoms with E-state index in [9.17, 15) is 19.3 Å². The van der Waals surface area contributed by atoms with E-state index in [1.165, 1.54) is 28.7 Å². The topological polar surface area (TPSA) is 139 Å². The number of aliphatic hydroxyl groups is 1. The van der Waals surface area contributed by atoms with Gasteiger partial charge in [-0.3, -0.25) is 4.79 Å². The van der Waals surface area contributed by atoms with Crippen molar-refractivity contribution in [2.45, 2.75) is 130 Å². The highest BCUT2D eigenvalue weighted by Gasteiger charge is 2.37. The lowest BCUT2D eigenvalue weighted by Crippen LogP contribution is -2.39. The zero-order valence-corrected chi connectivity index (χ0v) is 32.9. The van der Waals surface area contributed by atoms with Crippen molar-refractivity contribution in [1.82, 2.24) is 4.90 Å². The average molecular weight is 738 g/mol. The minimum Gasteiger partial charge on any atom is -0.444 e. The summed E-state index contributed by atoms with van der Waals surface area (Å²) in [6, 6.07) is 14.7. The third-order valence-electron chi connectivity index (χ3n) is 6.87. The predicted octanol–water partition coefficient (Wildman–Crippen LogP) is 9.35. The number of aliphatic hydroxyl groups excluding tert-OH is 1. The van der Waals surface area contributed by atoms with Crippen LogP contribution in [0.2, 0.25) is 0 Å². The Morgan fingerprint density at radius 3 is 1.96 bits per heavy atom. The van der Waals surface area contributed by atoms with Crippen molar-refractivity contribution in [2.75, 3.05) is 26.3 Å². The molecule has 0 aliphatic rings. The smallest absolute Gasteiger partial charge is 0.444 e. The molecule has 0 bridgehead atoms. The van der Waals surface area contributed by atoms with Gasteiger partial charge < -0.3 is 24.0 Å². The number of carbonyl (C=O) groups is 2. The molecule has 1 amide bonds. The SMILES string of the molecule is CC(C)(C)OOP(=O)(OOC(C)(C)C)Oc1ccc(C(O)CN(CCCCCCOCCCCc2ccccc2)C(=O)OC(C)(C)C)cc1C=O. The molecular weight excluding hydrogens is 677 g/mol. The van der Waals surface area contributed by atoms with Gasteiger partial charge in [-0.25, -0.2) is 19.1 Å². The molecule has 51 heavy (non-hydrogen) atoms. The Morgan fingerprint density at radius 1 is 0.804 bits per heavy atom. The largest absolute Gasteiger partial charge is 0.585 e. The molecule has 288 valence electrons. The van der Waals surface area contributed by atoms with Gasteiger partial charge in [0.15, 0.2) is 6.29 Å². The van der Waals surface area contributed by atoms with Gasteiger partial charge in [0.05, 0.1) is 29.4 Å². The first-order valence-corrected chi connectivity index (χ1v) is 19.2. The van der Waals surface area contributed by atoms with Crippen LogP contribution in [0.3, 0.4) is 0 Å². The van der Waals surface area contributed by atoms with Gasteiger partial charge in [-0.15, -0.1) is 9.35 Å². The van der Waals surface area contributed by atoms with Crippen molar-refractivity contribution in [3.8, 4) is 5.75 Å². The Bertz CT molecular complexity index is 1340. The lowest BCUT2D eigenvalue weighted by Gasteiger charge is -2.29. The van der Waals surface area contributed by atoms with Gasteiger partial charge in [0.25, 0.3) is 0 Å². The molecule has 2 aromatic rings. The third-order valence-corrected chi connectivity index (χ3v) is 7.81. The Morgan fingerprint density at radius 2 is 1.39 bits per heavy atom. The molecule has 1 unspecified atom stereocenters. The van der Waals surface area contributed by atoms with Crippen LogP contribution in [-0.2, 0) is 39.6 Å². The third kappa shape index (κ3) is 19.5. The fourth-order valence-electron chi connectivity index (χ4n) is 4.47. The maximum Gasteiger partial charge on any atom is 0.585 e. The molecule has 0 fully saturated rings. The molecular formula is C38H60NO11P. The summed E-state index contributed by atoms with van der Waals surface area (Å²) in [5, 5.41) is 11.2. The van der Waals surface area contributed by atoms with Crippen LogP contribution in [0.4, 0.5) is 4.79 Å². The van der Waals surface area contributed by atoms with Crippen LogP contribution in [0.1, 0.15) is 128 Å². The minimum atomic E-state index is -4.55. The highest BCUT2D eigenvalue weighted by molar-refractivity contribution is 7.48. The van der Waals surface area contributed by atoms with E-state index in [0.29, 0.717) is 31.4 Å². The van der Waals surface area contributed by atoms with Crippen LogP contribution in [0, 0.1) is 0 Å². The number of amides is 1. The summed E-state index contributed by atoms with van der Waals surface area (Å²) in [5.74, 6) is -0.153. The van der Waals surface area contributed by atoms with Crippen LogP contribution in [0.25, 0.3) is 0 Å². The van der Waals surface area contributed by atoms with Gasteiger partial charge in [0.1, 0.15) is 11.4 Å². The van der Waals surface area contributed by atoms with E-state index in [4.69, 9.17) is 33.1 Å². The Balaban J connectivity index is 1.97. The molecule has 0 aliphatic heterocycles. The summed E-state index contributed by atoms with van der Waals surface area (Å²) in [6.45, 7) is 17.1. The number of ether oxygens (including phenoxy) is 2. The van der Waals surface area contributed by atoms with E-state index in [1.54, 1.807) is 62.3 Å². The number of benzene rings is 2. The van der Waals surface area contributed by atoms with Crippen LogP contribution < -0.4 is 4.52 Å². The molecule has 1 N–H and O–H groups in total. The molecule has 13 heteroatoms. The molecule has 2 rings (SSSR count). The van der Waals surface area contributed by atoms with Crippen LogP contribution in [0.5, 0.6) is 5.75 Å². The fourth-order valence-corrected chi connectivity index (χ4v) is 5.59. The van der Waals surface area contributed by atoms with Crippen molar-refractivity contribution in [3.05, 3.63) is 65.2 Å². The Hall–Kier alpha value is -2.83. The highest BCUT2D eigenvalue weighted by atomic mass is 31.2. The zero-order valence-electron chi connectivity index (χ0n) is 32.0. The number of aldehydes is 1. The second kappa shape index (κ2) is 21.0. The Labute approximate surface area is 304 Å². The summed E-state index contributed by atoms with van der Waals surface area (Å²) in [7, 11) is -4.55. The van der Waals surface area contributed by atoms with Gasteiger partial charge >= 0.3 is 13.9 Å². The van der Waals surface area contributed by atoms with Crippen LogP contribution in [-0.4, -0.2) is 65.5 Å². The fraction of sp³-hybridized carbons (Fsp3) is 0.632. The Kier molecular flexibility index (Phi) is 18.3. The zero-order chi connectivity index (χ0) is 38.1. The summed E-state index contributed by atoms with van der Waals surface area (Å²) in [6.07, 6.45) is 5.37. The van der Waals surface area contributed by atoms with Crippen molar-refractivity contribution in [2.24, 2.45) is 0 Å². The van der Waals surface area contributed by atoms with Crippen molar-refractivity contribution in [1.29, 1.82) is 0 Å². The number of unbranched alkanes of at least 4 members (excludes halogenated alkanes) is 4. The number of aryl methyl sites for hydroxylation is 1. The lowest BCUT2D eigenvalue weighted by molar-refractivity contribution is -0.334. The van der Waals surface area contributed by atoms with Crippen molar-refractivity contribution in [3.63, 3.8) is 0 Å². The standard InChI is InChI=1S/C38H60NO11P/c1-36(2,3)45-35(42)39(24-16-10-11-17-25-44-26-18-15-21-30-19-13-12-14-20-30)28-33(41)31-22-23-34(32(27-31)29-40)46-51(43,49-47-37(4,5)6)50-48-38(7,8)9/h12-14,19-20,22-23,27,29,33,41H,10-11,15-18,21,24-26,28H2,1-9H3. The molecule has 2 aromatic carbocycles. The summed E-state index contributed by atoms with van der Waals surface area (Å²) in [5.41, 5.74) is -0.849. The van der Waals surface area contributed by atoms with Gasteiger partial charge in [-0.2, -0.15) is 0 Å². The summed E-state index contributed by atoms with van der Waals surface area (Å²) in [4.78, 5) is 37.0. The highest BCUT2D eigenvalue weighted by Crippen LogP contribution is 2.52. The molecule has 0 heterocycles. The first-order chi connectivity index (χ1) is 23.8. The molecule has 1 atom stereocenters. The van der Waals surface area contributed by atoms with Gasteiger partial charge in [-0.1, -0.05) is 49.2 Å². The second-order valence-corrected chi connectivity index (χ2v) is 16.8. The second-order valence-electron chi connectivity index (χ2n) is 15.4. The molecule has 0 aromatic heterocycles. The molecule has 0 radical (unpaired) electrons. The number of rotatable bonds is 22. The molecule has 0 spiro atoms. The minimum absolute atomic E-state index is 0.0484. The number of carbonyl (C=O) groups excluding carboxylic acids is 2. The van der Waals surface area contributed by atoms with Gasteiger partial charge in [-0.05, 0) is 118 Å². The normalized spacial score (nSPS) is 13.1. The molecule has 0 saturated heterocycles. The van der Waals surface area contributed by atoms with E-state index in [1.807, 2.05) is 6.07 Å². The predicted molar refractivity (Wildman–Crippen MR) is 195 cm³/mol. The van der Waals surface area contributed by atoms with Crippen LogP contribution in [0.15, 0.2) is 48.5 Å². The monoisotopic (exact) mass is 737 g/mol. The average Bonchev–Trinajstić information content (AvgIpc) is 3.04. The van der Waals surface area contributed by atoms with E-state index < -0.39 is 36.8 Å². The maximum atomic E-state index is 13.4. The van der Waals surface area contributed by atoms with Crippen molar-refractivity contribution < 1.29 is 52.4 Å². The molecule has 0 aliphatic carbocycles. The lowest BCUT2D eigenvalue weighted by atomic mass is 10.0. The van der Waals surface area contributed by atoms with Gasteiger partial charge in [0, 0.05) is 19.8 Å². The maximum absolute atomic E-state index is 13.4. The number of phosphoric acid groups is 1. The first kappa shape index (κ1) is 44.3. The van der Waals surface area contributed by atoms with E-state index in [0.717, 1.165) is 45.1 Å². The van der Waals surface area contributed by atoms with Gasteiger partial charge in [0.2, 0.25) is 0 Å². The molecule has 12 nitrogen and oxygen atoms in total.